The first-order chi connectivity index (χ1) is 9.70. The van der Waals surface area contributed by atoms with Gasteiger partial charge >= 0.3 is 0 Å². The van der Waals surface area contributed by atoms with Crippen LogP contribution in [-0.2, 0) is 0 Å². The minimum Gasteiger partial charge on any atom is -0.364 e. The molecule has 0 radical (unpaired) electrons. The number of piperidine rings is 1. The molecule has 0 aliphatic carbocycles. The van der Waals surface area contributed by atoms with Crippen molar-refractivity contribution >= 4 is 17.3 Å². The first-order valence-corrected chi connectivity index (χ1v) is 8.35. The van der Waals surface area contributed by atoms with Crippen LogP contribution in [0.1, 0.15) is 44.6 Å². The molecule has 1 aromatic carbocycles. The van der Waals surface area contributed by atoms with Gasteiger partial charge in [-0.3, -0.25) is 0 Å². The van der Waals surface area contributed by atoms with Crippen LogP contribution < -0.4 is 10.2 Å². The van der Waals surface area contributed by atoms with Crippen molar-refractivity contribution in [3.05, 3.63) is 28.8 Å². The molecule has 0 amide bonds. The number of anilines is 1. The number of hydrogen-bond donors (Lipinski definition) is 1. The van der Waals surface area contributed by atoms with Gasteiger partial charge in [-0.2, -0.15) is 0 Å². The summed E-state index contributed by atoms with van der Waals surface area (Å²) < 4.78 is 0. The fourth-order valence-corrected chi connectivity index (χ4v) is 4.33. The summed E-state index contributed by atoms with van der Waals surface area (Å²) in [5, 5.41) is 4.63. The Balaban J connectivity index is 1.80. The van der Waals surface area contributed by atoms with Gasteiger partial charge in [0.25, 0.3) is 0 Å². The van der Waals surface area contributed by atoms with E-state index in [-0.39, 0.29) is 0 Å². The van der Waals surface area contributed by atoms with Gasteiger partial charge in [-0.15, -0.1) is 0 Å². The standard InChI is InChI=1S/C17H25ClN2/c1-3-9-19-13-10-14-7-8-15(11-13)20(14)17-12(2)5-4-6-16(17)18/h4-6,13-15,19H,3,7-11H2,1-2H3. The molecule has 2 heterocycles. The molecule has 0 aromatic heterocycles. The number of para-hydroxylation sites is 1. The second-order valence-electron chi connectivity index (χ2n) is 6.32. The lowest BCUT2D eigenvalue weighted by molar-refractivity contribution is 0.356. The summed E-state index contributed by atoms with van der Waals surface area (Å²) in [5.74, 6) is 0. The lowest BCUT2D eigenvalue weighted by atomic mass is 9.95. The smallest absolute Gasteiger partial charge is 0.0642 e. The summed E-state index contributed by atoms with van der Waals surface area (Å²) in [6.45, 7) is 5.57. The van der Waals surface area contributed by atoms with Crippen LogP contribution in [0.3, 0.4) is 0 Å². The molecule has 110 valence electrons. The van der Waals surface area contributed by atoms with Gasteiger partial charge < -0.3 is 10.2 Å². The highest BCUT2D eigenvalue weighted by Gasteiger charge is 2.41. The van der Waals surface area contributed by atoms with E-state index in [0.717, 1.165) is 11.6 Å². The lowest BCUT2D eigenvalue weighted by Gasteiger charge is -2.42. The van der Waals surface area contributed by atoms with Crippen LogP contribution >= 0.6 is 11.6 Å². The summed E-state index contributed by atoms with van der Waals surface area (Å²) >= 11 is 6.48. The predicted octanol–water partition coefficient (Wildman–Crippen LogP) is 4.15. The molecule has 0 spiro atoms. The van der Waals surface area contributed by atoms with E-state index in [1.807, 2.05) is 6.07 Å². The molecule has 1 N–H and O–H groups in total. The first-order valence-electron chi connectivity index (χ1n) is 7.97. The number of halogens is 1. The summed E-state index contributed by atoms with van der Waals surface area (Å²) in [6.07, 6.45) is 6.39. The average Bonchev–Trinajstić information content (AvgIpc) is 2.68. The SMILES string of the molecule is CCCNC1CC2CCC(C1)N2c1c(C)cccc1Cl. The number of fused-ring (bicyclic) bond motifs is 2. The number of benzene rings is 1. The van der Waals surface area contributed by atoms with Crippen LogP contribution in [0.5, 0.6) is 0 Å². The highest BCUT2D eigenvalue weighted by molar-refractivity contribution is 6.33. The molecule has 2 unspecified atom stereocenters. The van der Waals surface area contributed by atoms with E-state index in [1.165, 1.54) is 43.4 Å². The molecule has 2 fully saturated rings. The Morgan fingerprint density at radius 1 is 1.25 bits per heavy atom. The average molecular weight is 293 g/mol. The van der Waals surface area contributed by atoms with Crippen molar-refractivity contribution in [3.8, 4) is 0 Å². The van der Waals surface area contributed by atoms with E-state index < -0.39 is 0 Å². The van der Waals surface area contributed by atoms with E-state index in [4.69, 9.17) is 11.6 Å². The second-order valence-corrected chi connectivity index (χ2v) is 6.73. The molecule has 2 saturated heterocycles. The maximum absolute atomic E-state index is 6.48. The van der Waals surface area contributed by atoms with Gasteiger partial charge in [-0.1, -0.05) is 30.7 Å². The minimum absolute atomic E-state index is 0.668. The summed E-state index contributed by atoms with van der Waals surface area (Å²) in [7, 11) is 0. The normalized spacial score (nSPS) is 28.9. The van der Waals surface area contributed by atoms with Crippen LogP contribution in [-0.4, -0.2) is 24.7 Å². The van der Waals surface area contributed by atoms with Crippen LogP contribution in [0.25, 0.3) is 0 Å². The monoisotopic (exact) mass is 292 g/mol. The van der Waals surface area contributed by atoms with Crippen LogP contribution in [0, 0.1) is 6.92 Å². The Kier molecular flexibility index (Phi) is 4.23. The summed E-state index contributed by atoms with van der Waals surface area (Å²) in [4.78, 5) is 2.63. The van der Waals surface area contributed by atoms with Crippen LogP contribution in [0.15, 0.2) is 18.2 Å². The highest BCUT2D eigenvalue weighted by atomic mass is 35.5. The molecule has 2 aliphatic rings. The van der Waals surface area contributed by atoms with Crippen molar-refractivity contribution in [1.29, 1.82) is 0 Å². The molecular formula is C17H25ClN2. The zero-order chi connectivity index (χ0) is 14.1. The number of rotatable bonds is 4. The molecular weight excluding hydrogens is 268 g/mol. The summed E-state index contributed by atoms with van der Waals surface area (Å²) in [6, 6.07) is 8.31. The lowest BCUT2D eigenvalue weighted by Crippen LogP contribution is -2.49. The maximum atomic E-state index is 6.48. The van der Waals surface area contributed by atoms with Crippen molar-refractivity contribution in [2.24, 2.45) is 0 Å². The topological polar surface area (TPSA) is 15.3 Å². The molecule has 2 aliphatic heterocycles. The third kappa shape index (κ3) is 2.56. The Labute approximate surface area is 127 Å². The van der Waals surface area contributed by atoms with Gasteiger partial charge in [0.1, 0.15) is 0 Å². The Hall–Kier alpha value is -0.730. The van der Waals surface area contributed by atoms with Gasteiger partial charge in [0.05, 0.1) is 10.7 Å². The number of nitrogens with zero attached hydrogens (tertiary/aromatic N) is 1. The quantitative estimate of drug-likeness (QED) is 0.897. The minimum atomic E-state index is 0.668. The zero-order valence-electron chi connectivity index (χ0n) is 12.5. The first kappa shape index (κ1) is 14.2. The van der Waals surface area contributed by atoms with Gasteiger partial charge in [-0.05, 0) is 57.2 Å². The van der Waals surface area contributed by atoms with Gasteiger partial charge in [-0.25, -0.2) is 0 Å². The maximum Gasteiger partial charge on any atom is 0.0642 e. The number of nitrogens with one attached hydrogen (secondary N) is 1. The molecule has 2 bridgehead atoms. The fourth-order valence-electron chi connectivity index (χ4n) is 4.01. The third-order valence-corrected chi connectivity index (χ3v) is 5.17. The Morgan fingerprint density at radius 2 is 1.95 bits per heavy atom. The van der Waals surface area contributed by atoms with E-state index in [9.17, 15) is 0 Å². The van der Waals surface area contributed by atoms with E-state index in [0.29, 0.717) is 18.1 Å². The predicted molar refractivity (Wildman–Crippen MR) is 86.8 cm³/mol. The van der Waals surface area contributed by atoms with E-state index in [2.05, 4.69) is 36.2 Å². The van der Waals surface area contributed by atoms with E-state index in [1.54, 1.807) is 0 Å². The van der Waals surface area contributed by atoms with Crippen molar-refractivity contribution in [1.82, 2.24) is 5.32 Å². The molecule has 3 rings (SSSR count). The largest absolute Gasteiger partial charge is 0.364 e. The fraction of sp³-hybridized carbons (Fsp3) is 0.647. The van der Waals surface area contributed by atoms with Crippen LogP contribution in [0.2, 0.25) is 5.02 Å². The van der Waals surface area contributed by atoms with Gasteiger partial charge in [0.15, 0.2) is 0 Å². The summed E-state index contributed by atoms with van der Waals surface area (Å²) in [5.41, 5.74) is 2.60. The third-order valence-electron chi connectivity index (χ3n) is 4.86. The van der Waals surface area contributed by atoms with Gasteiger partial charge in [0.2, 0.25) is 0 Å². The molecule has 20 heavy (non-hydrogen) atoms. The number of aryl methyl sites for hydroxylation is 1. The molecule has 0 saturated carbocycles. The van der Waals surface area contributed by atoms with Crippen molar-refractivity contribution in [2.75, 3.05) is 11.4 Å². The van der Waals surface area contributed by atoms with Crippen molar-refractivity contribution < 1.29 is 0 Å². The van der Waals surface area contributed by atoms with Crippen LogP contribution in [0.4, 0.5) is 5.69 Å². The Morgan fingerprint density at radius 3 is 2.55 bits per heavy atom. The van der Waals surface area contributed by atoms with E-state index >= 15 is 0 Å². The molecule has 2 atom stereocenters. The second kappa shape index (κ2) is 5.95. The molecule has 2 nitrogen and oxygen atoms in total. The van der Waals surface area contributed by atoms with Crippen molar-refractivity contribution in [3.63, 3.8) is 0 Å². The van der Waals surface area contributed by atoms with Gasteiger partial charge in [0, 0.05) is 18.1 Å². The zero-order valence-corrected chi connectivity index (χ0v) is 13.3. The Bertz CT molecular complexity index is 440. The molecule has 1 aromatic rings. The van der Waals surface area contributed by atoms with Crippen molar-refractivity contribution in [2.45, 2.75) is 64.1 Å². The number of hydrogen-bond acceptors (Lipinski definition) is 2. The molecule has 3 heteroatoms. The highest BCUT2D eigenvalue weighted by Crippen LogP contribution is 2.43.